The molecule has 0 fully saturated rings. The monoisotopic (exact) mass is 400 g/mol. The van der Waals surface area contributed by atoms with Crippen molar-refractivity contribution in [3.63, 3.8) is 0 Å². The lowest BCUT2D eigenvalue weighted by atomic mass is 9.99. The first-order valence-corrected chi connectivity index (χ1v) is 9.86. The molecule has 0 aliphatic carbocycles. The summed E-state index contributed by atoms with van der Waals surface area (Å²) in [5.74, 6) is 8.59. The van der Waals surface area contributed by atoms with Crippen LogP contribution in [0.2, 0.25) is 0 Å². The Hall–Kier alpha value is -3.76. The van der Waals surface area contributed by atoms with Crippen LogP contribution < -0.4 is 16.5 Å². The number of rotatable bonds is 5. The topological polar surface area (TPSA) is 86.5 Å². The van der Waals surface area contributed by atoms with Crippen LogP contribution in [0.1, 0.15) is 40.1 Å². The standard InChI is InChI=1S/C23H24N6O/c1-16-14-22(30)10-9-18(16)5-6-19-7-8-21(23-25-27-28-26-23)15-20(19)4-3-12-29-13-11-24-17(29)2/h7-11,13-15,27-28,30H,3-4,12H2,1-2H3,(H,25,26). The van der Waals surface area contributed by atoms with Gasteiger partial charge in [-0.15, -0.1) is 10.6 Å². The average molecular weight is 400 g/mol. The molecule has 152 valence electrons. The number of benzene rings is 2. The molecule has 30 heavy (non-hydrogen) atoms. The molecule has 0 radical (unpaired) electrons. The van der Waals surface area contributed by atoms with Crippen LogP contribution in [-0.2, 0) is 13.0 Å². The summed E-state index contributed by atoms with van der Waals surface area (Å²) in [4.78, 5) is 4.29. The molecular weight excluding hydrogens is 376 g/mol. The Morgan fingerprint density at radius 2 is 1.90 bits per heavy atom. The maximum atomic E-state index is 9.61. The van der Waals surface area contributed by atoms with E-state index in [1.54, 1.807) is 12.1 Å². The molecule has 0 spiro atoms. The van der Waals surface area contributed by atoms with Gasteiger partial charge in [-0.1, -0.05) is 11.8 Å². The second-order valence-electron chi connectivity index (χ2n) is 7.21. The molecule has 0 saturated carbocycles. The van der Waals surface area contributed by atoms with Crippen LogP contribution in [-0.4, -0.2) is 20.5 Å². The fraction of sp³-hybridized carbons (Fsp3) is 0.217. The minimum absolute atomic E-state index is 0.255. The average Bonchev–Trinajstić information content (AvgIpc) is 3.40. The van der Waals surface area contributed by atoms with E-state index >= 15 is 0 Å². The summed E-state index contributed by atoms with van der Waals surface area (Å²) >= 11 is 0. The maximum absolute atomic E-state index is 9.61. The first kappa shape index (κ1) is 19.6. The number of nitrogens with one attached hydrogen (secondary N) is 3. The molecule has 3 aromatic rings. The zero-order chi connectivity index (χ0) is 20.9. The molecule has 0 bridgehead atoms. The molecule has 7 heteroatoms. The predicted molar refractivity (Wildman–Crippen MR) is 116 cm³/mol. The number of phenols is 1. The molecule has 4 rings (SSSR count). The van der Waals surface area contributed by atoms with Gasteiger partial charge in [-0.25, -0.2) is 10.5 Å². The Morgan fingerprint density at radius 1 is 1.07 bits per heavy atom. The Morgan fingerprint density at radius 3 is 2.63 bits per heavy atom. The SMILES string of the molecule is Cc1cc(O)ccc1C#Cc1ccc(C2=NNNN2)cc1CCCn1ccnc1C. The third kappa shape index (κ3) is 4.45. The molecule has 4 N–H and O–H groups in total. The van der Waals surface area contributed by atoms with Crippen LogP contribution >= 0.6 is 0 Å². The number of hydrogen-bond acceptors (Lipinski definition) is 6. The van der Waals surface area contributed by atoms with Crippen LogP contribution in [0.15, 0.2) is 53.9 Å². The van der Waals surface area contributed by atoms with E-state index in [1.807, 2.05) is 44.4 Å². The molecule has 2 aromatic carbocycles. The van der Waals surface area contributed by atoms with Crippen LogP contribution in [0.5, 0.6) is 5.75 Å². The summed E-state index contributed by atoms with van der Waals surface area (Å²) < 4.78 is 2.16. The Balaban J connectivity index is 1.60. The van der Waals surface area contributed by atoms with Crippen molar-refractivity contribution in [2.75, 3.05) is 0 Å². The van der Waals surface area contributed by atoms with Gasteiger partial charge in [0.15, 0.2) is 5.84 Å². The molecule has 0 saturated heterocycles. The van der Waals surface area contributed by atoms with Crippen molar-refractivity contribution < 1.29 is 5.11 Å². The van der Waals surface area contributed by atoms with E-state index in [0.717, 1.165) is 53.3 Å². The van der Waals surface area contributed by atoms with Gasteiger partial charge in [-0.3, -0.25) is 5.43 Å². The highest BCUT2D eigenvalue weighted by atomic mass is 16.3. The van der Waals surface area contributed by atoms with E-state index in [1.165, 1.54) is 5.56 Å². The fourth-order valence-corrected chi connectivity index (χ4v) is 3.41. The van der Waals surface area contributed by atoms with Gasteiger partial charge in [0.25, 0.3) is 0 Å². The van der Waals surface area contributed by atoms with Crippen molar-refractivity contribution in [1.82, 2.24) is 26.0 Å². The number of phenolic OH excluding ortho intramolecular Hbond substituents is 1. The molecule has 0 amide bonds. The van der Waals surface area contributed by atoms with Crippen molar-refractivity contribution in [3.8, 4) is 17.6 Å². The molecule has 7 nitrogen and oxygen atoms in total. The number of hydrazine groups is 2. The van der Waals surface area contributed by atoms with Gasteiger partial charge in [0, 0.05) is 35.6 Å². The highest BCUT2D eigenvalue weighted by Crippen LogP contribution is 2.17. The minimum atomic E-state index is 0.255. The number of hydrazone groups is 1. The summed E-state index contributed by atoms with van der Waals surface area (Å²) in [6.07, 6.45) is 5.70. The van der Waals surface area contributed by atoms with Crippen molar-refractivity contribution >= 4 is 5.84 Å². The second kappa shape index (κ2) is 8.72. The molecule has 2 heterocycles. The molecule has 1 aliphatic rings. The Bertz CT molecular complexity index is 1150. The molecular formula is C23H24N6O. The van der Waals surface area contributed by atoms with Gasteiger partial charge in [0.2, 0.25) is 0 Å². The molecule has 0 atom stereocenters. The lowest BCUT2D eigenvalue weighted by Gasteiger charge is -2.10. The van der Waals surface area contributed by atoms with E-state index < -0.39 is 0 Å². The quantitative estimate of drug-likeness (QED) is 0.495. The van der Waals surface area contributed by atoms with E-state index in [-0.39, 0.29) is 5.75 Å². The van der Waals surface area contributed by atoms with Crippen LogP contribution in [0, 0.1) is 25.7 Å². The van der Waals surface area contributed by atoms with Crippen molar-refractivity contribution in [3.05, 3.63) is 82.4 Å². The number of aromatic hydroxyl groups is 1. The lowest BCUT2D eigenvalue weighted by molar-refractivity contribution is 0.475. The van der Waals surface area contributed by atoms with Gasteiger partial charge < -0.3 is 9.67 Å². The normalized spacial score (nSPS) is 12.5. The van der Waals surface area contributed by atoms with Crippen LogP contribution in [0.4, 0.5) is 0 Å². The van der Waals surface area contributed by atoms with Gasteiger partial charge in [-0.05, 0) is 74.2 Å². The first-order chi connectivity index (χ1) is 14.6. The van der Waals surface area contributed by atoms with Gasteiger partial charge >= 0.3 is 0 Å². The number of hydrogen-bond donors (Lipinski definition) is 4. The summed E-state index contributed by atoms with van der Waals surface area (Å²) in [5.41, 5.74) is 13.5. The third-order valence-electron chi connectivity index (χ3n) is 5.09. The number of imidazole rings is 1. The van der Waals surface area contributed by atoms with Crippen molar-refractivity contribution in [2.24, 2.45) is 5.10 Å². The second-order valence-corrected chi connectivity index (χ2v) is 7.21. The van der Waals surface area contributed by atoms with Crippen molar-refractivity contribution in [1.29, 1.82) is 0 Å². The summed E-state index contributed by atoms with van der Waals surface area (Å²) in [7, 11) is 0. The molecule has 1 aliphatic heterocycles. The number of nitrogens with zero attached hydrogens (tertiary/aromatic N) is 3. The van der Waals surface area contributed by atoms with E-state index in [2.05, 4.69) is 49.1 Å². The molecule has 0 unspecified atom stereocenters. The van der Waals surface area contributed by atoms with Crippen LogP contribution in [0.25, 0.3) is 0 Å². The van der Waals surface area contributed by atoms with E-state index in [0.29, 0.717) is 0 Å². The number of aromatic nitrogens is 2. The van der Waals surface area contributed by atoms with Gasteiger partial charge in [0.1, 0.15) is 11.6 Å². The zero-order valence-electron chi connectivity index (χ0n) is 17.0. The third-order valence-corrected chi connectivity index (χ3v) is 5.09. The van der Waals surface area contributed by atoms with Gasteiger partial charge in [-0.2, -0.15) is 0 Å². The summed E-state index contributed by atoms with van der Waals surface area (Å²) in [5, 5.41) is 13.8. The van der Waals surface area contributed by atoms with E-state index in [9.17, 15) is 5.11 Å². The smallest absolute Gasteiger partial charge is 0.170 e. The van der Waals surface area contributed by atoms with Gasteiger partial charge in [0.05, 0.1) is 0 Å². The number of aryl methyl sites for hydroxylation is 4. The van der Waals surface area contributed by atoms with Crippen LogP contribution in [0.3, 0.4) is 0 Å². The zero-order valence-corrected chi connectivity index (χ0v) is 17.0. The molecule has 1 aromatic heterocycles. The maximum Gasteiger partial charge on any atom is 0.170 e. The fourth-order valence-electron chi connectivity index (χ4n) is 3.41. The summed E-state index contributed by atoms with van der Waals surface area (Å²) in [6.45, 7) is 4.87. The van der Waals surface area contributed by atoms with Crippen molar-refractivity contribution in [2.45, 2.75) is 33.2 Å². The highest BCUT2D eigenvalue weighted by molar-refractivity contribution is 5.99. The lowest BCUT2D eigenvalue weighted by Crippen LogP contribution is -2.35. The summed E-state index contributed by atoms with van der Waals surface area (Å²) in [6, 6.07) is 11.4. The Labute approximate surface area is 175 Å². The largest absolute Gasteiger partial charge is 0.508 e. The minimum Gasteiger partial charge on any atom is -0.508 e. The first-order valence-electron chi connectivity index (χ1n) is 9.86. The number of amidine groups is 1. The Kier molecular flexibility index (Phi) is 5.68. The predicted octanol–water partition coefficient (Wildman–Crippen LogP) is 2.51. The van der Waals surface area contributed by atoms with E-state index in [4.69, 9.17) is 0 Å². The highest BCUT2D eigenvalue weighted by Gasteiger charge is 2.11.